The zero-order valence-electron chi connectivity index (χ0n) is 10.4. The van der Waals surface area contributed by atoms with Gasteiger partial charge in [0, 0.05) is 18.3 Å². The summed E-state index contributed by atoms with van der Waals surface area (Å²) < 4.78 is 45.3. The molecule has 0 unspecified atom stereocenters. The fraction of sp³-hybridized carbons (Fsp3) is 0.250. The summed E-state index contributed by atoms with van der Waals surface area (Å²) in [5.41, 5.74) is 0.0386. The third kappa shape index (κ3) is 3.30. The monoisotopic (exact) mass is 269 g/mol. The van der Waals surface area contributed by atoms with Gasteiger partial charge in [0.05, 0.1) is 11.9 Å². The van der Waals surface area contributed by atoms with Crippen LogP contribution in [0.1, 0.15) is 12.5 Å². The molecule has 0 amide bonds. The standard InChI is InChI=1S/C12H13BF3N2O/c1-2-18-8-10(7-17-18)9-19-12-6-4-3-5-11(12)13(14,15)16/h3-8H,2,9H2,1H3/q-1. The predicted molar refractivity (Wildman–Crippen MR) is 67.4 cm³/mol. The maximum atomic E-state index is 12.8. The summed E-state index contributed by atoms with van der Waals surface area (Å²) in [7, 11) is 0. The Kier molecular flexibility index (Phi) is 3.83. The van der Waals surface area contributed by atoms with Crippen molar-refractivity contribution in [2.24, 2.45) is 0 Å². The Balaban J connectivity index is 2.11. The number of para-hydroxylation sites is 1. The first-order valence-corrected chi connectivity index (χ1v) is 5.93. The van der Waals surface area contributed by atoms with Crippen LogP contribution in [-0.4, -0.2) is 16.8 Å². The fourth-order valence-electron chi connectivity index (χ4n) is 1.70. The van der Waals surface area contributed by atoms with Gasteiger partial charge in [0.25, 0.3) is 0 Å². The maximum Gasteiger partial charge on any atom is 0.513 e. The van der Waals surface area contributed by atoms with Gasteiger partial charge in [-0.05, 0) is 13.0 Å². The average molecular weight is 269 g/mol. The van der Waals surface area contributed by atoms with Crippen molar-refractivity contribution in [1.29, 1.82) is 0 Å². The highest BCUT2D eigenvalue weighted by molar-refractivity contribution is 6.74. The van der Waals surface area contributed by atoms with Crippen LogP contribution >= 0.6 is 0 Å². The molecule has 19 heavy (non-hydrogen) atoms. The van der Waals surface area contributed by atoms with E-state index >= 15 is 0 Å². The number of hydrogen-bond acceptors (Lipinski definition) is 2. The molecule has 1 aromatic heterocycles. The molecule has 1 heterocycles. The fourth-order valence-corrected chi connectivity index (χ4v) is 1.70. The van der Waals surface area contributed by atoms with Crippen molar-refractivity contribution in [3.8, 4) is 5.75 Å². The Morgan fingerprint density at radius 1 is 1.26 bits per heavy atom. The summed E-state index contributed by atoms with van der Waals surface area (Å²) in [6, 6.07) is 5.24. The van der Waals surface area contributed by atoms with Crippen LogP contribution in [0.3, 0.4) is 0 Å². The molecule has 1 aromatic carbocycles. The molecule has 3 nitrogen and oxygen atoms in total. The number of aryl methyl sites for hydroxylation is 1. The lowest BCUT2D eigenvalue weighted by Gasteiger charge is -2.19. The summed E-state index contributed by atoms with van der Waals surface area (Å²) in [5.74, 6) is -0.140. The summed E-state index contributed by atoms with van der Waals surface area (Å²) in [6.45, 7) is -2.35. The molecule has 2 aromatic rings. The van der Waals surface area contributed by atoms with Gasteiger partial charge in [0.2, 0.25) is 0 Å². The van der Waals surface area contributed by atoms with Gasteiger partial charge in [-0.2, -0.15) is 5.10 Å². The van der Waals surface area contributed by atoms with E-state index in [2.05, 4.69) is 5.10 Å². The van der Waals surface area contributed by atoms with Crippen molar-refractivity contribution in [3.63, 3.8) is 0 Å². The van der Waals surface area contributed by atoms with Gasteiger partial charge in [0.1, 0.15) is 6.61 Å². The normalized spacial score (nSPS) is 11.6. The van der Waals surface area contributed by atoms with Crippen LogP contribution in [0.25, 0.3) is 0 Å². The minimum atomic E-state index is -5.07. The molecule has 2 rings (SSSR count). The number of halogens is 3. The second-order valence-electron chi connectivity index (χ2n) is 4.11. The molecule has 0 radical (unpaired) electrons. The van der Waals surface area contributed by atoms with Gasteiger partial charge in [-0.3, -0.25) is 4.68 Å². The van der Waals surface area contributed by atoms with E-state index in [-0.39, 0.29) is 12.4 Å². The lowest BCUT2D eigenvalue weighted by molar-refractivity contribution is 0.307. The van der Waals surface area contributed by atoms with Crippen LogP contribution in [-0.2, 0) is 13.2 Å². The van der Waals surface area contributed by atoms with Crippen molar-refractivity contribution in [3.05, 3.63) is 42.2 Å². The van der Waals surface area contributed by atoms with E-state index in [9.17, 15) is 12.9 Å². The van der Waals surface area contributed by atoms with E-state index in [1.165, 1.54) is 18.2 Å². The van der Waals surface area contributed by atoms with Gasteiger partial charge in [-0.1, -0.05) is 23.7 Å². The molecule has 0 bridgehead atoms. The topological polar surface area (TPSA) is 27.1 Å². The summed E-state index contributed by atoms with van der Waals surface area (Å²) in [5, 5.41) is 4.04. The smallest absolute Gasteiger partial charge is 0.492 e. The summed E-state index contributed by atoms with van der Waals surface area (Å²) >= 11 is 0. The Labute approximate surface area is 109 Å². The molecule has 0 atom stereocenters. The molecular weight excluding hydrogens is 256 g/mol. The third-order valence-corrected chi connectivity index (χ3v) is 2.68. The Bertz CT molecular complexity index is 554. The molecule has 0 saturated carbocycles. The van der Waals surface area contributed by atoms with Gasteiger partial charge in [0.15, 0.2) is 0 Å². The zero-order valence-corrected chi connectivity index (χ0v) is 10.4. The molecule has 0 saturated heterocycles. The van der Waals surface area contributed by atoms with Crippen LogP contribution in [0.5, 0.6) is 5.75 Å². The van der Waals surface area contributed by atoms with Crippen LogP contribution in [0.15, 0.2) is 36.7 Å². The van der Waals surface area contributed by atoms with Crippen molar-refractivity contribution >= 4 is 12.4 Å². The van der Waals surface area contributed by atoms with E-state index in [4.69, 9.17) is 4.74 Å². The first-order valence-electron chi connectivity index (χ1n) is 5.93. The molecule has 0 fully saturated rings. The highest BCUT2D eigenvalue weighted by atomic mass is 19.4. The molecule has 0 spiro atoms. The van der Waals surface area contributed by atoms with E-state index in [0.717, 1.165) is 11.6 Å². The van der Waals surface area contributed by atoms with E-state index < -0.39 is 12.4 Å². The van der Waals surface area contributed by atoms with E-state index in [1.54, 1.807) is 17.1 Å². The molecule has 0 aliphatic carbocycles. The number of ether oxygens (including phenoxy) is 1. The molecule has 0 N–H and O–H groups in total. The second-order valence-corrected chi connectivity index (χ2v) is 4.11. The largest absolute Gasteiger partial charge is 0.513 e. The van der Waals surface area contributed by atoms with E-state index in [0.29, 0.717) is 6.54 Å². The van der Waals surface area contributed by atoms with Crippen LogP contribution in [0.2, 0.25) is 0 Å². The molecular formula is C12H13BF3N2O-. The quantitative estimate of drug-likeness (QED) is 0.780. The zero-order chi connectivity index (χ0) is 13.9. The highest BCUT2D eigenvalue weighted by Gasteiger charge is 2.28. The Hall–Kier alpha value is -1.92. The lowest BCUT2D eigenvalue weighted by atomic mass is 9.79. The minimum absolute atomic E-state index is 0.0726. The number of benzene rings is 1. The summed E-state index contributed by atoms with van der Waals surface area (Å²) in [6.07, 6.45) is 3.34. The number of rotatable bonds is 5. The van der Waals surface area contributed by atoms with Crippen molar-refractivity contribution in [1.82, 2.24) is 9.78 Å². The maximum absolute atomic E-state index is 12.8. The molecule has 0 aliphatic heterocycles. The van der Waals surface area contributed by atoms with Crippen molar-refractivity contribution in [2.75, 3.05) is 0 Å². The number of hydrogen-bond donors (Lipinski definition) is 0. The molecule has 7 heteroatoms. The van der Waals surface area contributed by atoms with Crippen LogP contribution < -0.4 is 10.2 Å². The third-order valence-electron chi connectivity index (χ3n) is 2.68. The number of nitrogens with zero attached hydrogens (tertiary/aromatic N) is 2. The average Bonchev–Trinajstić information content (AvgIpc) is 2.83. The predicted octanol–water partition coefficient (Wildman–Crippen LogP) is 2.54. The summed E-state index contributed by atoms with van der Waals surface area (Å²) in [4.78, 5) is 0. The van der Waals surface area contributed by atoms with Gasteiger partial charge >= 0.3 is 6.98 Å². The Morgan fingerprint density at radius 2 is 2.00 bits per heavy atom. The SMILES string of the molecule is CCn1cc(COc2ccccc2[B-](F)(F)F)cn1. The van der Waals surface area contributed by atoms with Gasteiger partial charge < -0.3 is 17.7 Å². The van der Waals surface area contributed by atoms with Gasteiger partial charge in [-0.25, -0.2) is 0 Å². The van der Waals surface area contributed by atoms with Crippen molar-refractivity contribution in [2.45, 2.75) is 20.1 Å². The van der Waals surface area contributed by atoms with Crippen molar-refractivity contribution < 1.29 is 17.7 Å². The Morgan fingerprint density at radius 3 is 2.63 bits per heavy atom. The van der Waals surface area contributed by atoms with Crippen LogP contribution in [0, 0.1) is 0 Å². The van der Waals surface area contributed by atoms with Gasteiger partial charge in [-0.15, -0.1) is 0 Å². The second kappa shape index (κ2) is 5.38. The first-order chi connectivity index (χ1) is 9.00. The van der Waals surface area contributed by atoms with E-state index in [1.807, 2.05) is 6.92 Å². The first kappa shape index (κ1) is 13.5. The molecule has 0 aliphatic rings. The van der Waals surface area contributed by atoms with Crippen LogP contribution in [0.4, 0.5) is 12.9 Å². The minimum Gasteiger partial charge on any atom is -0.492 e. The highest BCUT2D eigenvalue weighted by Crippen LogP contribution is 2.18. The lowest BCUT2D eigenvalue weighted by Crippen LogP contribution is -2.35. The molecule has 102 valence electrons. The number of aromatic nitrogens is 2.